The molecule has 0 atom stereocenters. The Morgan fingerprint density at radius 1 is 1.38 bits per heavy atom. The fourth-order valence-corrected chi connectivity index (χ4v) is 2.64. The van der Waals surface area contributed by atoms with Crippen molar-refractivity contribution in [2.45, 2.75) is 13.8 Å². The number of nitrogens with two attached hydrogens (primary N) is 1. The molecular formula is C15H20N4OS. The van der Waals surface area contributed by atoms with Crippen LogP contribution in [0.4, 0.5) is 16.6 Å². The summed E-state index contributed by atoms with van der Waals surface area (Å²) in [4.78, 5) is 18.8. The summed E-state index contributed by atoms with van der Waals surface area (Å²) in [5, 5.41) is 3.88. The molecule has 0 spiro atoms. The van der Waals surface area contributed by atoms with Gasteiger partial charge in [-0.1, -0.05) is 43.4 Å². The van der Waals surface area contributed by atoms with Crippen molar-refractivity contribution in [3.8, 4) is 0 Å². The van der Waals surface area contributed by atoms with Gasteiger partial charge in [0.25, 0.3) is 5.91 Å². The Morgan fingerprint density at radius 2 is 2.05 bits per heavy atom. The summed E-state index contributed by atoms with van der Waals surface area (Å²) < 4.78 is 0. The predicted molar refractivity (Wildman–Crippen MR) is 89.0 cm³/mol. The van der Waals surface area contributed by atoms with Gasteiger partial charge in [-0.3, -0.25) is 4.79 Å². The predicted octanol–water partition coefficient (Wildman–Crippen LogP) is 3.07. The number of nitrogens with one attached hydrogen (secondary N) is 1. The molecule has 0 aliphatic heterocycles. The molecule has 112 valence electrons. The SMILES string of the molecule is CC(C)CNc1nc(N)c(C(=O)N(C)c2ccccc2)s1. The lowest BCUT2D eigenvalue weighted by Crippen LogP contribution is -2.26. The van der Waals surface area contributed by atoms with Gasteiger partial charge in [-0.25, -0.2) is 4.98 Å². The number of rotatable bonds is 5. The molecule has 0 unspecified atom stereocenters. The first-order valence-corrected chi connectivity index (χ1v) is 7.64. The van der Waals surface area contributed by atoms with E-state index in [4.69, 9.17) is 5.73 Å². The Hall–Kier alpha value is -2.08. The van der Waals surface area contributed by atoms with Crippen LogP contribution in [0.3, 0.4) is 0 Å². The van der Waals surface area contributed by atoms with E-state index in [1.165, 1.54) is 11.3 Å². The first-order chi connectivity index (χ1) is 9.99. The zero-order chi connectivity index (χ0) is 15.4. The first kappa shape index (κ1) is 15.3. The first-order valence-electron chi connectivity index (χ1n) is 6.82. The molecule has 3 N–H and O–H groups in total. The number of benzene rings is 1. The second-order valence-electron chi connectivity index (χ2n) is 5.21. The molecule has 0 aliphatic rings. The zero-order valence-corrected chi connectivity index (χ0v) is 13.3. The topological polar surface area (TPSA) is 71.2 Å². The van der Waals surface area contributed by atoms with Crippen molar-refractivity contribution in [1.29, 1.82) is 0 Å². The van der Waals surface area contributed by atoms with E-state index in [1.807, 2.05) is 30.3 Å². The van der Waals surface area contributed by atoms with Gasteiger partial charge >= 0.3 is 0 Å². The minimum absolute atomic E-state index is 0.145. The minimum atomic E-state index is -0.145. The van der Waals surface area contributed by atoms with Crippen LogP contribution in [0, 0.1) is 5.92 Å². The highest BCUT2D eigenvalue weighted by molar-refractivity contribution is 7.18. The molecule has 2 aromatic rings. The van der Waals surface area contributed by atoms with E-state index >= 15 is 0 Å². The third-order valence-electron chi connectivity index (χ3n) is 2.96. The fraction of sp³-hybridized carbons (Fsp3) is 0.333. The molecule has 1 heterocycles. The maximum atomic E-state index is 12.5. The van der Waals surface area contributed by atoms with Crippen LogP contribution in [0.5, 0.6) is 0 Å². The van der Waals surface area contributed by atoms with Crippen LogP contribution in [-0.2, 0) is 0 Å². The number of nitrogens with zero attached hydrogens (tertiary/aromatic N) is 2. The lowest BCUT2D eigenvalue weighted by molar-refractivity contribution is 0.0997. The number of amides is 1. The molecule has 0 fully saturated rings. The second-order valence-corrected chi connectivity index (χ2v) is 6.21. The summed E-state index contributed by atoms with van der Waals surface area (Å²) in [5.74, 6) is 0.633. The van der Waals surface area contributed by atoms with Crippen LogP contribution >= 0.6 is 11.3 Å². The van der Waals surface area contributed by atoms with E-state index < -0.39 is 0 Å². The van der Waals surface area contributed by atoms with Gasteiger partial charge in [-0.05, 0) is 18.1 Å². The Bertz CT molecular complexity index is 609. The highest BCUT2D eigenvalue weighted by Crippen LogP contribution is 2.27. The van der Waals surface area contributed by atoms with E-state index in [-0.39, 0.29) is 11.7 Å². The van der Waals surface area contributed by atoms with Crippen molar-refractivity contribution in [1.82, 2.24) is 4.98 Å². The monoisotopic (exact) mass is 304 g/mol. The van der Waals surface area contributed by atoms with Gasteiger partial charge in [-0.15, -0.1) is 0 Å². The smallest absolute Gasteiger partial charge is 0.272 e. The molecule has 1 aromatic carbocycles. The second kappa shape index (κ2) is 6.58. The van der Waals surface area contributed by atoms with E-state index in [2.05, 4.69) is 24.1 Å². The lowest BCUT2D eigenvalue weighted by atomic mass is 10.2. The number of thiazole rings is 1. The van der Waals surface area contributed by atoms with E-state index in [9.17, 15) is 4.79 Å². The number of hydrogen-bond donors (Lipinski definition) is 2. The number of hydrogen-bond acceptors (Lipinski definition) is 5. The van der Waals surface area contributed by atoms with Crippen LogP contribution in [0.25, 0.3) is 0 Å². The molecular weight excluding hydrogens is 284 g/mol. The number of para-hydroxylation sites is 1. The summed E-state index contributed by atoms with van der Waals surface area (Å²) >= 11 is 1.29. The van der Waals surface area contributed by atoms with Crippen molar-refractivity contribution in [2.75, 3.05) is 29.5 Å². The van der Waals surface area contributed by atoms with Crippen molar-refractivity contribution >= 4 is 33.9 Å². The summed E-state index contributed by atoms with van der Waals surface area (Å²) in [6, 6.07) is 9.46. The van der Waals surface area contributed by atoms with Crippen molar-refractivity contribution in [2.24, 2.45) is 5.92 Å². The zero-order valence-electron chi connectivity index (χ0n) is 12.5. The quantitative estimate of drug-likeness (QED) is 0.890. The van der Waals surface area contributed by atoms with E-state index in [0.717, 1.165) is 12.2 Å². The molecule has 1 amide bonds. The van der Waals surface area contributed by atoms with Gasteiger partial charge in [0.05, 0.1) is 0 Å². The average molecular weight is 304 g/mol. The molecule has 0 bridgehead atoms. The van der Waals surface area contributed by atoms with Crippen molar-refractivity contribution in [3.63, 3.8) is 0 Å². The van der Waals surface area contributed by atoms with Gasteiger partial charge in [0, 0.05) is 19.3 Å². The van der Waals surface area contributed by atoms with Gasteiger partial charge in [0.15, 0.2) is 5.13 Å². The number of aromatic nitrogens is 1. The molecule has 1 aromatic heterocycles. The molecule has 0 saturated carbocycles. The van der Waals surface area contributed by atoms with Gasteiger partial charge in [0.1, 0.15) is 10.7 Å². The third-order valence-corrected chi connectivity index (χ3v) is 3.97. The Morgan fingerprint density at radius 3 is 2.67 bits per heavy atom. The van der Waals surface area contributed by atoms with Gasteiger partial charge < -0.3 is 16.0 Å². The standard InChI is InChI=1S/C15H20N4OS/c1-10(2)9-17-15-18-13(16)12(21-15)14(20)19(3)11-7-5-4-6-8-11/h4-8,10H,9,16H2,1-3H3,(H,17,18). The van der Waals surface area contributed by atoms with Crippen LogP contribution < -0.4 is 16.0 Å². The minimum Gasteiger partial charge on any atom is -0.382 e. The third kappa shape index (κ3) is 3.72. The highest BCUT2D eigenvalue weighted by atomic mass is 32.1. The largest absolute Gasteiger partial charge is 0.382 e. The van der Waals surface area contributed by atoms with Gasteiger partial charge in [0.2, 0.25) is 0 Å². The number of anilines is 3. The maximum absolute atomic E-state index is 12.5. The summed E-state index contributed by atoms with van der Waals surface area (Å²) in [6.07, 6.45) is 0. The Kier molecular flexibility index (Phi) is 4.80. The number of nitrogen functional groups attached to an aromatic ring is 1. The van der Waals surface area contributed by atoms with E-state index in [1.54, 1.807) is 11.9 Å². The number of carbonyl (C=O) groups excluding carboxylic acids is 1. The fourth-order valence-electron chi connectivity index (χ4n) is 1.77. The molecule has 2 rings (SSSR count). The maximum Gasteiger partial charge on any atom is 0.272 e. The molecule has 0 saturated heterocycles. The molecule has 0 aliphatic carbocycles. The summed E-state index contributed by atoms with van der Waals surface area (Å²) in [7, 11) is 1.73. The van der Waals surface area contributed by atoms with Crippen molar-refractivity contribution in [3.05, 3.63) is 35.2 Å². The van der Waals surface area contributed by atoms with Crippen LogP contribution in [0.2, 0.25) is 0 Å². The number of carbonyl (C=O) groups is 1. The summed E-state index contributed by atoms with van der Waals surface area (Å²) in [5.41, 5.74) is 6.70. The summed E-state index contributed by atoms with van der Waals surface area (Å²) in [6.45, 7) is 5.02. The normalized spacial score (nSPS) is 10.7. The average Bonchev–Trinajstić information content (AvgIpc) is 2.85. The Labute approximate surface area is 128 Å². The van der Waals surface area contributed by atoms with E-state index in [0.29, 0.717) is 15.9 Å². The Balaban J connectivity index is 2.16. The van der Waals surface area contributed by atoms with Crippen LogP contribution in [0.15, 0.2) is 30.3 Å². The molecule has 0 radical (unpaired) electrons. The molecule has 21 heavy (non-hydrogen) atoms. The van der Waals surface area contributed by atoms with Gasteiger partial charge in [-0.2, -0.15) is 0 Å². The molecule has 5 nitrogen and oxygen atoms in total. The van der Waals surface area contributed by atoms with Crippen LogP contribution in [-0.4, -0.2) is 24.5 Å². The van der Waals surface area contributed by atoms with Crippen LogP contribution in [0.1, 0.15) is 23.5 Å². The molecule has 6 heteroatoms. The highest BCUT2D eigenvalue weighted by Gasteiger charge is 2.20. The van der Waals surface area contributed by atoms with Crippen molar-refractivity contribution < 1.29 is 4.79 Å². The lowest BCUT2D eigenvalue weighted by Gasteiger charge is -2.16.